The minimum absolute atomic E-state index is 0.139. The molecule has 2 aromatic carbocycles. The van der Waals surface area contributed by atoms with Gasteiger partial charge in [-0.2, -0.15) is 0 Å². The minimum Gasteiger partial charge on any atom is -0.493 e. The number of rotatable bonds is 9. The number of hydrogen-bond acceptors (Lipinski definition) is 7. The maximum absolute atomic E-state index is 12.3. The van der Waals surface area contributed by atoms with E-state index >= 15 is 0 Å². The van der Waals surface area contributed by atoms with Gasteiger partial charge in [-0.15, -0.1) is 0 Å². The van der Waals surface area contributed by atoms with Crippen molar-refractivity contribution in [2.45, 2.75) is 6.54 Å². The monoisotopic (exact) mass is 398 g/mol. The quantitative estimate of drug-likeness (QED) is 0.430. The first kappa shape index (κ1) is 20.6. The molecule has 154 valence electrons. The molecule has 8 heteroatoms. The molecule has 1 heterocycles. The Bertz CT molecular complexity index is 818. The van der Waals surface area contributed by atoms with E-state index in [4.69, 9.17) is 14.9 Å². The first-order valence-corrected chi connectivity index (χ1v) is 9.55. The highest BCUT2D eigenvalue weighted by Gasteiger charge is 2.09. The second kappa shape index (κ2) is 10.4. The van der Waals surface area contributed by atoms with Crippen LogP contribution in [0.1, 0.15) is 15.9 Å². The molecule has 0 aliphatic carbocycles. The maximum Gasteiger partial charge on any atom is 0.251 e. The number of ether oxygens (including phenoxy) is 1. The fourth-order valence-electron chi connectivity index (χ4n) is 2.69. The Morgan fingerprint density at radius 2 is 1.83 bits per heavy atom. The van der Waals surface area contributed by atoms with Gasteiger partial charge in [0, 0.05) is 30.3 Å². The molecule has 1 aliphatic heterocycles. The van der Waals surface area contributed by atoms with Gasteiger partial charge in [-0.3, -0.25) is 9.79 Å². The number of carbonyl (C=O) groups is 1. The molecule has 0 aromatic heterocycles. The van der Waals surface area contributed by atoms with Crippen LogP contribution in [-0.2, 0) is 6.54 Å². The Morgan fingerprint density at radius 3 is 2.45 bits per heavy atom. The Kier molecular flexibility index (Phi) is 7.43. The summed E-state index contributed by atoms with van der Waals surface area (Å²) in [6, 6.07) is 14.5. The number of nitrogens with zero attached hydrogens (tertiary/aromatic N) is 1. The van der Waals surface area contributed by atoms with E-state index in [9.17, 15) is 4.79 Å². The lowest BCUT2D eigenvalue weighted by molar-refractivity contribution is 0.0951. The van der Waals surface area contributed by atoms with Crippen LogP contribution in [0.15, 0.2) is 53.5 Å². The van der Waals surface area contributed by atoms with E-state index in [0.717, 1.165) is 30.3 Å². The lowest BCUT2D eigenvalue weighted by Crippen LogP contribution is -2.26. The largest absolute Gasteiger partial charge is 0.493 e. The summed E-state index contributed by atoms with van der Waals surface area (Å²) in [6.07, 6.45) is 0. The Balaban J connectivity index is 1.46. The third-order valence-electron chi connectivity index (χ3n) is 4.46. The molecule has 8 nitrogen and oxygen atoms in total. The molecule has 0 fully saturated rings. The first-order chi connectivity index (χ1) is 14.2. The van der Waals surface area contributed by atoms with Crippen LogP contribution >= 0.6 is 0 Å². The number of aliphatic hydroxyl groups is 2. The van der Waals surface area contributed by atoms with E-state index in [1.807, 2.05) is 24.3 Å². The summed E-state index contributed by atoms with van der Waals surface area (Å²) < 4.78 is 5.50. The van der Waals surface area contributed by atoms with Crippen LogP contribution in [0.5, 0.6) is 5.75 Å². The third-order valence-corrected chi connectivity index (χ3v) is 4.46. The number of anilines is 1. The maximum atomic E-state index is 12.3. The summed E-state index contributed by atoms with van der Waals surface area (Å²) in [7, 11) is 0. The minimum atomic E-state index is -0.318. The van der Waals surface area contributed by atoms with Gasteiger partial charge in [-0.05, 0) is 42.0 Å². The number of aliphatic hydroxyl groups excluding tert-OH is 2. The summed E-state index contributed by atoms with van der Waals surface area (Å²) in [5.41, 5.74) is 2.46. The number of carbonyl (C=O) groups excluding carboxylic acids is 1. The number of aliphatic imine (C=N–C) groups is 1. The standard InChI is InChI=1S/C21H26N4O4/c26-12-16(13-27)14-29-19-7-3-17(4-8-19)20(28)24-11-15-1-5-18(6-2-15)25-21-22-9-10-23-21/h1-8,16,26-27H,9-14H2,(H,24,28)(H2,22,23,25). The van der Waals surface area contributed by atoms with Crippen molar-refractivity contribution in [1.82, 2.24) is 10.6 Å². The lowest BCUT2D eigenvalue weighted by atomic mass is 10.1. The molecule has 0 spiro atoms. The second-order valence-corrected chi connectivity index (χ2v) is 6.73. The molecule has 0 saturated heterocycles. The molecule has 5 N–H and O–H groups in total. The van der Waals surface area contributed by atoms with Gasteiger partial charge in [-0.1, -0.05) is 12.1 Å². The third kappa shape index (κ3) is 6.20. The van der Waals surface area contributed by atoms with Crippen LogP contribution in [0.25, 0.3) is 0 Å². The highest BCUT2D eigenvalue weighted by molar-refractivity contribution is 5.95. The van der Waals surface area contributed by atoms with Crippen molar-refractivity contribution in [2.24, 2.45) is 10.9 Å². The molecule has 0 saturated carbocycles. The molecule has 0 atom stereocenters. The molecule has 3 rings (SSSR count). The van der Waals surface area contributed by atoms with Crippen molar-refractivity contribution in [1.29, 1.82) is 0 Å². The van der Waals surface area contributed by atoms with E-state index in [0.29, 0.717) is 17.9 Å². The number of amides is 1. The zero-order valence-corrected chi connectivity index (χ0v) is 16.1. The average molecular weight is 398 g/mol. The summed E-state index contributed by atoms with van der Waals surface area (Å²) in [4.78, 5) is 16.6. The van der Waals surface area contributed by atoms with Gasteiger partial charge in [0.2, 0.25) is 0 Å². The van der Waals surface area contributed by atoms with Crippen molar-refractivity contribution >= 4 is 17.6 Å². The number of guanidine groups is 1. The average Bonchev–Trinajstić information content (AvgIpc) is 3.27. The molecule has 0 bridgehead atoms. The van der Waals surface area contributed by atoms with Crippen LogP contribution in [0.2, 0.25) is 0 Å². The molecular weight excluding hydrogens is 372 g/mol. The number of hydrogen-bond donors (Lipinski definition) is 5. The summed E-state index contributed by atoms with van der Waals surface area (Å²) in [6.45, 7) is 1.99. The highest BCUT2D eigenvalue weighted by atomic mass is 16.5. The smallest absolute Gasteiger partial charge is 0.251 e. The molecule has 1 amide bonds. The van der Waals surface area contributed by atoms with E-state index in [-0.39, 0.29) is 31.6 Å². The van der Waals surface area contributed by atoms with Gasteiger partial charge in [0.15, 0.2) is 5.96 Å². The Hall–Kier alpha value is -3.10. The van der Waals surface area contributed by atoms with Gasteiger partial charge in [-0.25, -0.2) is 0 Å². The van der Waals surface area contributed by atoms with E-state index < -0.39 is 0 Å². The molecule has 1 aliphatic rings. The van der Waals surface area contributed by atoms with E-state index in [1.54, 1.807) is 24.3 Å². The van der Waals surface area contributed by atoms with Crippen molar-refractivity contribution in [2.75, 3.05) is 38.2 Å². The van der Waals surface area contributed by atoms with Crippen molar-refractivity contribution in [3.63, 3.8) is 0 Å². The summed E-state index contributed by atoms with van der Waals surface area (Å²) in [5.74, 6) is 0.869. The highest BCUT2D eigenvalue weighted by Crippen LogP contribution is 2.14. The fraction of sp³-hybridized carbons (Fsp3) is 0.333. The first-order valence-electron chi connectivity index (χ1n) is 9.55. The summed E-state index contributed by atoms with van der Waals surface area (Å²) >= 11 is 0. The van der Waals surface area contributed by atoms with Crippen LogP contribution in [0.4, 0.5) is 5.69 Å². The van der Waals surface area contributed by atoms with E-state index in [2.05, 4.69) is 20.9 Å². The van der Waals surface area contributed by atoms with Gasteiger partial charge in [0.05, 0.1) is 26.4 Å². The summed E-state index contributed by atoms with van der Waals surface area (Å²) in [5, 5.41) is 27.3. The molecular formula is C21H26N4O4. The van der Waals surface area contributed by atoms with Crippen LogP contribution in [-0.4, -0.2) is 55.0 Å². The zero-order chi connectivity index (χ0) is 20.5. The van der Waals surface area contributed by atoms with Gasteiger partial charge in [0.25, 0.3) is 5.91 Å². The van der Waals surface area contributed by atoms with Crippen molar-refractivity contribution in [3.05, 3.63) is 59.7 Å². The number of nitrogens with one attached hydrogen (secondary N) is 3. The van der Waals surface area contributed by atoms with Crippen LogP contribution in [0, 0.1) is 5.92 Å². The number of benzene rings is 2. The zero-order valence-electron chi connectivity index (χ0n) is 16.1. The Labute approximate surface area is 169 Å². The Morgan fingerprint density at radius 1 is 1.10 bits per heavy atom. The second-order valence-electron chi connectivity index (χ2n) is 6.73. The normalized spacial score (nSPS) is 13.0. The lowest BCUT2D eigenvalue weighted by Gasteiger charge is -2.13. The fourth-order valence-corrected chi connectivity index (χ4v) is 2.69. The molecule has 29 heavy (non-hydrogen) atoms. The van der Waals surface area contributed by atoms with E-state index in [1.165, 1.54) is 0 Å². The van der Waals surface area contributed by atoms with Crippen LogP contribution < -0.4 is 20.7 Å². The van der Waals surface area contributed by atoms with Gasteiger partial charge >= 0.3 is 0 Å². The molecule has 0 radical (unpaired) electrons. The predicted octanol–water partition coefficient (Wildman–Crippen LogP) is 0.967. The van der Waals surface area contributed by atoms with Crippen molar-refractivity contribution < 1.29 is 19.7 Å². The van der Waals surface area contributed by atoms with Gasteiger partial charge < -0.3 is 30.9 Å². The molecule has 0 unspecified atom stereocenters. The predicted molar refractivity (Wildman–Crippen MR) is 111 cm³/mol. The van der Waals surface area contributed by atoms with Crippen molar-refractivity contribution in [3.8, 4) is 5.75 Å². The molecule has 2 aromatic rings. The van der Waals surface area contributed by atoms with Gasteiger partial charge in [0.1, 0.15) is 5.75 Å². The topological polar surface area (TPSA) is 115 Å². The van der Waals surface area contributed by atoms with Crippen LogP contribution in [0.3, 0.4) is 0 Å². The SMILES string of the molecule is O=C(NCc1ccc(NC2=NCCN2)cc1)c1ccc(OCC(CO)CO)cc1.